The zero-order chi connectivity index (χ0) is 33.8. The Balaban J connectivity index is 1.40. The molecule has 9 nitrogen and oxygen atoms in total. The number of fused-ring (bicyclic) bond motifs is 1. The predicted octanol–water partition coefficient (Wildman–Crippen LogP) is 5.95. The molecular weight excluding hydrogens is 739 g/mol. The first-order valence-corrected chi connectivity index (χ1v) is 16.7. The number of ether oxygens (including phenoxy) is 3. The van der Waals surface area contributed by atoms with Crippen LogP contribution in [0.15, 0.2) is 112 Å². The smallest absolute Gasteiger partial charge is 0.271 e. The van der Waals surface area contributed by atoms with Crippen molar-refractivity contribution in [2.75, 3.05) is 19.5 Å². The highest BCUT2D eigenvalue weighted by molar-refractivity contribution is 14.1. The summed E-state index contributed by atoms with van der Waals surface area (Å²) in [5.74, 6) is 1.35. The van der Waals surface area contributed by atoms with Gasteiger partial charge in [0.05, 0.1) is 51.3 Å². The fourth-order valence-corrected chi connectivity index (χ4v) is 7.23. The number of amides is 1. The number of anilines is 1. The third kappa shape index (κ3) is 6.76. The maximum Gasteiger partial charge on any atom is 0.271 e. The third-order valence-corrected chi connectivity index (χ3v) is 9.51. The zero-order valence-electron chi connectivity index (χ0n) is 26.2. The first-order chi connectivity index (χ1) is 23.3. The van der Waals surface area contributed by atoms with Gasteiger partial charge in [0.2, 0.25) is 0 Å². The van der Waals surface area contributed by atoms with Crippen molar-refractivity contribution in [2.45, 2.75) is 19.6 Å². The molecule has 0 spiro atoms. The minimum absolute atomic E-state index is 0.279. The maximum absolute atomic E-state index is 14.2. The average Bonchev–Trinajstić information content (AvgIpc) is 3.40. The molecule has 11 heteroatoms. The van der Waals surface area contributed by atoms with Crippen LogP contribution in [0.25, 0.3) is 6.08 Å². The molecule has 5 aromatic rings. The summed E-state index contributed by atoms with van der Waals surface area (Å²) >= 11 is 3.44. The lowest BCUT2D eigenvalue weighted by molar-refractivity contribution is -0.113. The number of nitrogens with one attached hydrogen (secondary N) is 1. The highest BCUT2D eigenvalue weighted by atomic mass is 127. The average molecular weight is 769 g/mol. The third-order valence-electron chi connectivity index (χ3n) is 7.72. The highest BCUT2D eigenvalue weighted by Gasteiger charge is 2.33. The molecule has 240 valence electrons. The van der Waals surface area contributed by atoms with Gasteiger partial charge < -0.3 is 19.5 Å². The molecule has 1 aliphatic heterocycles. The van der Waals surface area contributed by atoms with E-state index in [0.717, 1.165) is 20.3 Å². The number of carbonyl (C=O) groups is 1. The van der Waals surface area contributed by atoms with Crippen molar-refractivity contribution in [3.63, 3.8) is 0 Å². The highest BCUT2D eigenvalue weighted by Crippen LogP contribution is 2.35. The maximum atomic E-state index is 14.2. The number of aromatic nitrogens is 1. The van der Waals surface area contributed by atoms with Gasteiger partial charge in [-0.1, -0.05) is 53.8 Å². The van der Waals surface area contributed by atoms with E-state index in [1.807, 2.05) is 78.9 Å². The number of benzene rings is 4. The van der Waals surface area contributed by atoms with Crippen LogP contribution in [0, 0.1) is 14.9 Å². The topological polar surface area (TPSA) is 115 Å². The Morgan fingerprint density at radius 3 is 2.52 bits per heavy atom. The summed E-state index contributed by atoms with van der Waals surface area (Å²) in [6.07, 6.45) is 1.80. The molecule has 1 aliphatic rings. The Labute approximate surface area is 294 Å². The van der Waals surface area contributed by atoms with E-state index in [1.54, 1.807) is 43.9 Å². The largest absolute Gasteiger partial charge is 0.497 e. The van der Waals surface area contributed by atoms with E-state index >= 15 is 0 Å². The molecule has 0 saturated heterocycles. The number of nitrogens with zero attached hydrogens (tertiary/aromatic N) is 3. The van der Waals surface area contributed by atoms with E-state index in [0.29, 0.717) is 55.7 Å². The number of hydrogen-bond donors (Lipinski definition) is 1. The number of para-hydroxylation sites is 1. The number of rotatable bonds is 9. The molecule has 0 radical (unpaired) electrons. The van der Waals surface area contributed by atoms with Crippen LogP contribution in [0.2, 0.25) is 0 Å². The van der Waals surface area contributed by atoms with Crippen LogP contribution in [0.4, 0.5) is 5.69 Å². The van der Waals surface area contributed by atoms with Crippen LogP contribution in [0.3, 0.4) is 0 Å². The van der Waals surface area contributed by atoms with Crippen molar-refractivity contribution >= 4 is 51.6 Å². The van der Waals surface area contributed by atoms with Crippen molar-refractivity contribution < 1.29 is 19.0 Å². The van der Waals surface area contributed by atoms with Crippen molar-refractivity contribution in [1.29, 1.82) is 5.26 Å². The molecule has 48 heavy (non-hydrogen) atoms. The second-order valence-corrected chi connectivity index (χ2v) is 13.0. The first kappa shape index (κ1) is 32.7. The number of allylic oxidation sites excluding steroid dienone is 1. The molecule has 1 atom stereocenters. The Morgan fingerprint density at radius 1 is 1.04 bits per heavy atom. The quantitative estimate of drug-likeness (QED) is 0.186. The molecular formula is C37H29IN4O5S. The zero-order valence-corrected chi connectivity index (χ0v) is 29.2. The number of thiazole rings is 1. The van der Waals surface area contributed by atoms with Gasteiger partial charge in [0.25, 0.3) is 11.5 Å². The summed E-state index contributed by atoms with van der Waals surface area (Å²) < 4.78 is 20.1. The first-order valence-electron chi connectivity index (χ1n) is 14.8. The van der Waals surface area contributed by atoms with Crippen LogP contribution in [0.5, 0.6) is 17.2 Å². The molecule has 2 heterocycles. The SMILES string of the molecule is COc1cccc([C@H]2C(C(=O)Nc3ccccc3)=C(C)N=c3s/c(=C\c4cc(I)c(OCc5ccc(C#N)cc5)c(OC)c4)c(=O)n32)c1. The van der Waals surface area contributed by atoms with E-state index in [9.17, 15) is 9.59 Å². The van der Waals surface area contributed by atoms with Crippen LogP contribution >= 0.6 is 33.9 Å². The van der Waals surface area contributed by atoms with Gasteiger partial charge in [-0.15, -0.1) is 0 Å². The summed E-state index contributed by atoms with van der Waals surface area (Å²) in [6.45, 7) is 2.08. The summed E-state index contributed by atoms with van der Waals surface area (Å²) in [6, 6.07) is 28.9. The van der Waals surface area contributed by atoms with Crippen LogP contribution in [-0.4, -0.2) is 24.7 Å². The van der Waals surface area contributed by atoms with Gasteiger partial charge in [0, 0.05) is 5.69 Å². The minimum atomic E-state index is -0.741. The summed E-state index contributed by atoms with van der Waals surface area (Å²) in [5.41, 5.74) is 4.19. The standard InChI is InChI=1S/C37H29IN4O5S/c1-22-32(35(43)41-27-9-5-4-6-10-27)33(26-8-7-11-28(19-26)45-2)42-36(44)31(48-37(42)40-22)18-25-16-29(38)34(30(17-25)46-3)47-21-24-14-12-23(20-39)13-15-24/h4-19,33H,21H2,1-3H3,(H,41,43)/b31-18-/t33-/m0/s1. The predicted molar refractivity (Wildman–Crippen MR) is 193 cm³/mol. The molecule has 0 fully saturated rings. The van der Waals surface area contributed by atoms with Gasteiger partial charge in [-0.25, -0.2) is 4.99 Å². The Morgan fingerprint density at radius 2 is 1.81 bits per heavy atom. The van der Waals surface area contributed by atoms with E-state index < -0.39 is 6.04 Å². The minimum Gasteiger partial charge on any atom is -0.497 e. The van der Waals surface area contributed by atoms with Gasteiger partial charge in [-0.2, -0.15) is 5.26 Å². The van der Waals surface area contributed by atoms with Crippen molar-refractivity contribution in [3.8, 4) is 23.3 Å². The molecule has 0 unspecified atom stereocenters. The lowest BCUT2D eigenvalue weighted by Crippen LogP contribution is -2.40. The molecule has 0 bridgehead atoms. The Hall–Kier alpha value is -5.19. The molecule has 0 saturated carbocycles. The van der Waals surface area contributed by atoms with Gasteiger partial charge in [0.1, 0.15) is 12.4 Å². The second-order valence-electron chi connectivity index (χ2n) is 10.8. The summed E-state index contributed by atoms with van der Waals surface area (Å²) in [5, 5.41) is 12.0. The van der Waals surface area contributed by atoms with E-state index in [1.165, 1.54) is 11.3 Å². The van der Waals surface area contributed by atoms with Crippen molar-refractivity contribution in [1.82, 2.24) is 4.57 Å². The van der Waals surface area contributed by atoms with Crippen molar-refractivity contribution in [2.24, 2.45) is 4.99 Å². The number of methoxy groups -OCH3 is 2. The molecule has 1 amide bonds. The Kier molecular flexibility index (Phi) is 9.75. The van der Waals surface area contributed by atoms with E-state index in [4.69, 9.17) is 24.5 Å². The normalized spacial score (nSPS) is 14.1. The lowest BCUT2D eigenvalue weighted by atomic mass is 9.95. The summed E-state index contributed by atoms with van der Waals surface area (Å²) in [7, 11) is 3.14. The van der Waals surface area contributed by atoms with Gasteiger partial charge in [0.15, 0.2) is 16.3 Å². The van der Waals surface area contributed by atoms with Gasteiger partial charge >= 0.3 is 0 Å². The van der Waals surface area contributed by atoms with Gasteiger partial charge in [-0.05, 0) is 101 Å². The fourth-order valence-electron chi connectivity index (χ4n) is 5.40. The number of hydrogen-bond acceptors (Lipinski definition) is 8. The fraction of sp³-hybridized carbons (Fsp3) is 0.135. The summed E-state index contributed by atoms with van der Waals surface area (Å²) in [4.78, 5) is 33.3. The number of halogens is 1. The molecule has 4 aromatic carbocycles. The molecule has 1 aromatic heterocycles. The van der Waals surface area contributed by atoms with Crippen LogP contribution in [0.1, 0.15) is 35.2 Å². The van der Waals surface area contributed by atoms with E-state index in [-0.39, 0.29) is 11.5 Å². The van der Waals surface area contributed by atoms with Crippen LogP contribution in [-0.2, 0) is 11.4 Å². The Bertz CT molecular complexity index is 2270. The van der Waals surface area contributed by atoms with E-state index in [2.05, 4.69) is 34.0 Å². The molecule has 6 rings (SSSR count). The monoisotopic (exact) mass is 768 g/mol. The van der Waals surface area contributed by atoms with Crippen molar-refractivity contribution in [3.05, 3.63) is 148 Å². The second kappa shape index (κ2) is 14.3. The molecule has 1 N–H and O–H groups in total. The number of carbonyl (C=O) groups excluding carboxylic acids is 1. The van der Waals surface area contributed by atoms with Gasteiger partial charge in [-0.3, -0.25) is 14.2 Å². The van der Waals surface area contributed by atoms with Crippen LogP contribution < -0.4 is 34.4 Å². The lowest BCUT2D eigenvalue weighted by Gasteiger charge is -2.25. The molecule has 0 aliphatic carbocycles. The number of nitriles is 1.